The molecule has 0 saturated carbocycles. The maximum atomic E-state index is 3.40. The molecule has 0 bridgehead atoms. The second-order valence-electron chi connectivity index (χ2n) is 4.92. The van der Waals surface area contributed by atoms with Gasteiger partial charge in [-0.15, -0.1) is 0 Å². The van der Waals surface area contributed by atoms with Gasteiger partial charge in [0.05, 0.1) is 0 Å². The normalized spacial score (nSPS) is 24.8. The molecule has 1 aliphatic rings. The third-order valence-corrected chi connectivity index (χ3v) is 3.41. The molecule has 1 nitrogen and oxygen atoms in total. The van der Waals surface area contributed by atoms with Gasteiger partial charge in [-0.2, -0.15) is 0 Å². The van der Waals surface area contributed by atoms with Crippen molar-refractivity contribution in [3.63, 3.8) is 0 Å². The van der Waals surface area contributed by atoms with Crippen molar-refractivity contribution < 1.29 is 0 Å². The molecule has 0 amide bonds. The van der Waals surface area contributed by atoms with E-state index in [0.29, 0.717) is 5.92 Å². The molecule has 1 unspecified atom stereocenters. The molecule has 0 spiro atoms. The third kappa shape index (κ3) is 3.97. The molecule has 90 valence electrons. The van der Waals surface area contributed by atoms with Crippen molar-refractivity contribution in [3.8, 4) is 0 Å². The van der Waals surface area contributed by atoms with Crippen LogP contribution in [0, 0.1) is 11.8 Å². The van der Waals surface area contributed by atoms with Gasteiger partial charge < -0.3 is 5.32 Å². The fraction of sp³-hybridized carbons (Fsp3) is 0.600. The summed E-state index contributed by atoms with van der Waals surface area (Å²) in [5, 5.41) is 3.40. The van der Waals surface area contributed by atoms with E-state index >= 15 is 0 Å². The zero-order valence-electron chi connectivity index (χ0n) is 11.1. The first-order valence-corrected chi connectivity index (χ1v) is 6.38. The molecule has 1 heteroatoms. The number of nitrogens with one attached hydrogen (secondary N) is 1. The topological polar surface area (TPSA) is 12.0 Å². The molecule has 0 aromatic heterocycles. The Bertz CT molecular complexity index is 295. The van der Waals surface area contributed by atoms with Crippen molar-refractivity contribution in [2.45, 2.75) is 34.1 Å². The highest BCUT2D eigenvalue weighted by Crippen LogP contribution is 2.18. The highest BCUT2D eigenvalue weighted by molar-refractivity contribution is 5.36. The average molecular weight is 219 g/mol. The van der Waals surface area contributed by atoms with Crippen LogP contribution in [0.15, 0.2) is 35.5 Å². The summed E-state index contributed by atoms with van der Waals surface area (Å²) in [6.07, 6.45) is 10.2. The Balaban J connectivity index is 2.61. The molecular formula is C15H25N. The SMILES string of the molecule is C/C=C1/CNCC/C1=C/C=C\C(C)C(C)C. The Morgan fingerprint density at radius 1 is 1.19 bits per heavy atom. The van der Waals surface area contributed by atoms with Crippen LogP contribution in [0.3, 0.4) is 0 Å². The van der Waals surface area contributed by atoms with Crippen LogP contribution >= 0.6 is 0 Å². The van der Waals surface area contributed by atoms with E-state index in [1.54, 1.807) is 0 Å². The average Bonchev–Trinajstić information content (AvgIpc) is 2.29. The maximum Gasteiger partial charge on any atom is 0.0205 e. The van der Waals surface area contributed by atoms with Crippen molar-refractivity contribution >= 4 is 0 Å². The molecular weight excluding hydrogens is 194 g/mol. The molecule has 1 N–H and O–H groups in total. The predicted molar refractivity (Wildman–Crippen MR) is 72.5 cm³/mol. The number of allylic oxidation sites excluding steroid dienone is 4. The van der Waals surface area contributed by atoms with Crippen LogP contribution in [0.25, 0.3) is 0 Å². The molecule has 1 aliphatic heterocycles. The van der Waals surface area contributed by atoms with Gasteiger partial charge in [0, 0.05) is 6.54 Å². The zero-order valence-corrected chi connectivity index (χ0v) is 11.1. The van der Waals surface area contributed by atoms with Crippen molar-refractivity contribution in [1.82, 2.24) is 5.32 Å². The zero-order chi connectivity index (χ0) is 12.0. The van der Waals surface area contributed by atoms with E-state index < -0.39 is 0 Å². The molecule has 0 aromatic carbocycles. The molecule has 0 aromatic rings. The van der Waals surface area contributed by atoms with Crippen LogP contribution in [-0.4, -0.2) is 13.1 Å². The van der Waals surface area contributed by atoms with Crippen molar-refractivity contribution in [1.29, 1.82) is 0 Å². The monoisotopic (exact) mass is 219 g/mol. The van der Waals surface area contributed by atoms with E-state index in [2.05, 4.69) is 57.3 Å². The summed E-state index contributed by atoms with van der Waals surface area (Å²) in [6, 6.07) is 0. The molecule has 0 aliphatic carbocycles. The maximum absolute atomic E-state index is 3.40. The minimum atomic E-state index is 0.660. The van der Waals surface area contributed by atoms with Crippen LogP contribution in [0.4, 0.5) is 0 Å². The number of hydrogen-bond acceptors (Lipinski definition) is 1. The summed E-state index contributed by atoms with van der Waals surface area (Å²) in [6.45, 7) is 11.1. The van der Waals surface area contributed by atoms with Gasteiger partial charge in [-0.1, -0.05) is 45.1 Å². The van der Waals surface area contributed by atoms with E-state index in [0.717, 1.165) is 25.4 Å². The summed E-state index contributed by atoms with van der Waals surface area (Å²) in [7, 11) is 0. The smallest absolute Gasteiger partial charge is 0.0205 e. The largest absolute Gasteiger partial charge is 0.312 e. The molecule has 1 atom stereocenters. The fourth-order valence-corrected chi connectivity index (χ4v) is 1.77. The van der Waals surface area contributed by atoms with Crippen LogP contribution in [0.5, 0.6) is 0 Å². The fourth-order valence-electron chi connectivity index (χ4n) is 1.77. The lowest BCUT2D eigenvalue weighted by Gasteiger charge is -2.18. The number of rotatable bonds is 3. The first-order chi connectivity index (χ1) is 7.65. The van der Waals surface area contributed by atoms with Crippen LogP contribution in [-0.2, 0) is 0 Å². The Morgan fingerprint density at radius 2 is 1.94 bits per heavy atom. The molecule has 0 radical (unpaired) electrons. The Morgan fingerprint density at radius 3 is 2.56 bits per heavy atom. The minimum absolute atomic E-state index is 0.660. The van der Waals surface area contributed by atoms with Crippen molar-refractivity contribution in [2.75, 3.05) is 13.1 Å². The minimum Gasteiger partial charge on any atom is -0.312 e. The van der Waals surface area contributed by atoms with E-state index in [4.69, 9.17) is 0 Å². The van der Waals surface area contributed by atoms with Gasteiger partial charge in [0.15, 0.2) is 0 Å². The van der Waals surface area contributed by atoms with Gasteiger partial charge in [-0.05, 0) is 42.9 Å². The van der Waals surface area contributed by atoms with Crippen LogP contribution in [0.1, 0.15) is 34.1 Å². The lowest BCUT2D eigenvalue weighted by atomic mass is 9.96. The molecule has 1 fully saturated rings. The second kappa shape index (κ2) is 6.70. The van der Waals surface area contributed by atoms with Crippen molar-refractivity contribution in [3.05, 3.63) is 35.5 Å². The Kier molecular flexibility index (Phi) is 5.54. The lowest BCUT2D eigenvalue weighted by Crippen LogP contribution is -2.25. The summed E-state index contributed by atoms with van der Waals surface area (Å²) in [5.41, 5.74) is 2.95. The molecule has 1 heterocycles. The molecule has 1 saturated heterocycles. The second-order valence-corrected chi connectivity index (χ2v) is 4.92. The summed E-state index contributed by atoms with van der Waals surface area (Å²) in [4.78, 5) is 0. The summed E-state index contributed by atoms with van der Waals surface area (Å²) in [5.74, 6) is 1.39. The van der Waals surface area contributed by atoms with E-state index in [9.17, 15) is 0 Å². The van der Waals surface area contributed by atoms with E-state index in [-0.39, 0.29) is 0 Å². The van der Waals surface area contributed by atoms with Crippen LogP contribution < -0.4 is 5.32 Å². The molecule has 1 rings (SSSR count). The Labute approximate surface area is 100 Å². The van der Waals surface area contributed by atoms with E-state index in [1.807, 2.05) is 0 Å². The molecule has 16 heavy (non-hydrogen) atoms. The van der Waals surface area contributed by atoms with Gasteiger partial charge in [0.1, 0.15) is 0 Å². The standard InChI is InChI=1S/C15H25N/c1-5-14-11-16-10-9-15(14)8-6-7-13(4)12(2)3/h5-8,12-13,16H,9-11H2,1-4H3/b7-6-,14-5-,15-8-. The quantitative estimate of drug-likeness (QED) is 0.763. The van der Waals surface area contributed by atoms with Crippen LogP contribution in [0.2, 0.25) is 0 Å². The van der Waals surface area contributed by atoms with Crippen molar-refractivity contribution in [2.24, 2.45) is 11.8 Å². The summed E-state index contributed by atoms with van der Waals surface area (Å²) >= 11 is 0. The summed E-state index contributed by atoms with van der Waals surface area (Å²) < 4.78 is 0. The van der Waals surface area contributed by atoms with E-state index in [1.165, 1.54) is 11.1 Å². The lowest BCUT2D eigenvalue weighted by molar-refractivity contribution is 0.504. The first kappa shape index (κ1) is 13.2. The Hall–Kier alpha value is -0.820. The number of hydrogen-bond donors (Lipinski definition) is 1. The predicted octanol–water partition coefficient (Wildman–Crippen LogP) is 3.70. The van der Waals surface area contributed by atoms with Gasteiger partial charge in [-0.3, -0.25) is 0 Å². The highest BCUT2D eigenvalue weighted by atomic mass is 14.9. The van der Waals surface area contributed by atoms with Gasteiger partial charge in [0.2, 0.25) is 0 Å². The number of piperidine rings is 1. The van der Waals surface area contributed by atoms with Gasteiger partial charge in [-0.25, -0.2) is 0 Å². The first-order valence-electron chi connectivity index (χ1n) is 6.38. The van der Waals surface area contributed by atoms with Gasteiger partial charge in [0.25, 0.3) is 0 Å². The highest BCUT2D eigenvalue weighted by Gasteiger charge is 2.08. The van der Waals surface area contributed by atoms with Gasteiger partial charge >= 0.3 is 0 Å². The third-order valence-electron chi connectivity index (χ3n) is 3.41.